The second-order valence-electron chi connectivity index (χ2n) is 6.90. The van der Waals surface area contributed by atoms with Gasteiger partial charge in [0, 0.05) is 31.1 Å². The molecule has 1 aliphatic rings. The number of hydrogen-bond donors (Lipinski definition) is 4. The van der Waals surface area contributed by atoms with Crippen molar-refractivity contribution in [1.82, 2.24) is 14.9 Å². The summed E-state index contributed by atoms with van der Waals surface area (Å²) in [6.07, 6.45) is 7.48. The number of amides is 1. The number of aliphatic hydroxyl groups is 2. The fourth-order valence-electron chi connectivity index (χ4n) is 3.04. The molecular weight excluding hydrogens is 364 g/mol. The number of ether oxygens (including phenoxy) is 1. The summed E-state index contributed by atoms with van der Waals surface area (Å²) < 4.78 is 6.75. The van der Waals surface area contributed by atoms with Crippen molar-refractivity contribution in [2.24, 2.45) is 0 Å². The number of hydrogen-bond acceptors (Lipinski definition) is 7. The Hall–Kier alpha value is -2.23. The van der Waals surface area contributed by atoms with Crippen LogP contribution in [0.2, 0.25) is 0 Å². The first kappa shape index (κ1) is 22.1. The molecule has 1 saturated heterocycles. The molecule has 0 saturated carbocycles. The van der Waals surface area contributed by atoms with Gasteiger partial charge in [0.25, 0.3) is 0 Å². The first-order chi connectivity index (χ1) is 13.5. The van der Waals surface area contributed by atoms with Gasteiger partial charge in [-0.15, -0.1) is 0 Å². The van der Waals surface area contributed by atoms with E-state index in [-0.39, 0.29) is 24.8 Å². The largest absolute Gasteiger partial charge is 0.394 e. The number of nitrogens with one attached hydrogen (secondary N) is 1. The van der Waals surface area contributed by atoms with Gasteiger partial charge in [-0.05, 0) is 6.42 Å². The lowest BCUT2D eigenvalue weighted by atomic mass is 10.1. The van der Waals surface area contributed by atoms with Crippen LogP contribution in [0.25, 0.3) is 6.08 Å². The molecule has 5 N–H and O–H groups in total. The molecule has 28 heavy (non-hydrogen) atoms. The lowest BCUT2D eigenvalue weighted by molar-refractivity contribution is -0.121. The van der Waals surface area contributed by atoms with E-state index >= 15 is 0 Å². The van der Waals surface area contributed by atoms with Crippen molar-refractivity contribution in [2.45, 2.75) is 63.9 Å². The molecule has 2 rings (SSSR count). The summed E-state index contributed by atoms with van der Waals surface area (Å²) in [6, 6.07) is 0. The van der Waals surface area contributed by atoms with Crippen LogP contribution in [0.5, 0.6) is 0 Å². The Morgan fingerprint density at radius 2 is 2.25 bits per heavy atom. The van der Waals surface area contributed by atoms with Crippen LogP contribution in [0.3, 0.4) is 0 Å². The van der Waals surface area contributed by atoms with E-state index in [0.29, 0.717) is 18.5 Å². The van der Waals surface area contributed by atoms with Crippen LogP contribution in [0.4, 0.5) is 5.82 Å². The number of carbonyl (C=O) groups is 1. The first-order valence-corrected chi connectivity index (χ1v) is 9.72. The molecule has 1 aliphatic heterocycles. The van der Waals surface area contributed by atoms with Gasteiger partial charge in [0.2, 0.25) is 5.91 Å². The van der Waals surface area contributed by atoms with Gasteiger partial charge >= 0.3 is 5.69 Å². The number of nitrogens with two attached hydrogens (primary N) is 1. The van der Waals surface area contributed by atoms with Crippen LogP contribution in [0.15, 0.2) is 17.1 Å². The maximum atomic E-state index is 12.1. The molecule has 0 aromatic carbocycles. The van der Waals surface area contributed by atoms with Crippen molar-refractivity contribution in [1.29, 1.82) is 0 Å². The van der Waals surface area contributed by atoms with Crippen LogP contribution in [0.1, 0.15) is 57.2 Å². The molecule has 156 valence electrons. The molecule has 1 amide bonds. The highest BCUT2D eigenvalue weighted by Crippen LogP contribution is 2.27. The number of aliphatic hydroxyl groups excluding tert-OH is 2. The molecule has 9 nitrogen and oxygen atoms in total. The standard InChI is InChI=1S/C19H30N4O5/c1-2-3-4-5-8-16(26)21-9-6-7-13-11-23(19(27)22-18(13)20)17-10-14(25)15(12-24)28-17/h6-7,11,14-15,17,24-25H,2-5,8-10,12H2,1H3,(H,21,26)(H2,20,22,27)/b7-6+/t14-,15-,17-/m1/s1. The third kappa shape index (κ3) is 6.15. The summed E-state index contributed by atoms with van der Waals surface area (Å²) in [4.78, 5) is 27.7. The molecule has 9 heteroatoms. The van der Waals surface area contributed by atoms with Gasteiger partial charge < -0.3 is 26.0 Å². The molecular formula is C19H30N4O5. The zero-order valence-corrected chi connectivity index (χ0v) is 16.2. The third-order valence-electron chi connectivity index (χ3n) is 4.68. The van der Waals surface area contributed by atoms with E-state index < -0.39 is 24.1 Å². The summed E-state index contributed by atoms with van der Waals surface area (Å²) in [7, 11) is 0. The molecule has 0 aliphatic carbocycles. The number of rotatable bonds is 10. The van der Waals surface area contributed by atoms with Crippen LogP contribution in [-0.4, -0.2) is 51.0 Å². The van der Waals surface area contributed by atoms with Gasteiger partial charge in [0.05, 0.1) is 12.7 Å². The highest BCUT2D eigenvalue weighted by atomic mass is 16.5. The molecule has 0 radical (unpaired) electrons. The predicted molar refractivity (Wildman–Crippen MR) is 105 cm³/mol. The Labute approximate surface area is 164 Å². The highest BCUT2D eigenvalue weighted by Gasteiger charge is 2.35. The van der Waals surface area contributed by atoms with Gasteiger partial charge in [0.1, 0.15) is 18.1 Å². The molecule has 1 aromatic rings. The molecule has 3 atom stereocenters. The van der Waals surface area contributed by atoms with Gasteiger partial charge in [0.15, 0.2) is 0 Å². The minimum absolute atomic E-state index is 0.000193. The molecule has 0 bridgehead atoms. The minimum atomic E-state index is -0.856. The van der Waals surface area contributed by atoms with E-state index in [1.165, 1.54) is 10.8 Å². The smallest absolute Gasteiger partial charge is 0.351 e. The lowest BCUT2D eigenvalue weighted by Crippen LogP contribution is -2.28. The molecule has 1 fully saturated rings. The zero-order valence-electron chi connectivity index (χ0n) is 16.2. The van der Waals surface area contributed by atoms with Gasteiger partial charge in [-0.2, -0.15) is 4.98 Å². The summed E-state index contributed by atoms with van der Waals surface area (Å²) in [5.41, 5.74) is 5.72. The van der Waals surface area contributed by atoms with Crippen LogP contribution < -0.4 is 16.7 Å². The SMILES string of the molecule is CCCCCCC(=O)NC/C=C/c1cn([C@H]2C[C@@H](O)[C@@H](CO)O2)c(=O)nc1N. The molecule has 0 unspecified atom stereocenters. The molecule has 1 aromatic heterocycles. The van der Waals surface area contributed by atoms with Crippen molar-refractivity contribution in [2.75, 3.05) is 18.9 Å². The number of nitrogens with zero attached hydrogens (tertiary/aromatic N) is 2. The maximum absolute atomic E-state index is 12.1. The monoisotopic (exact) mass is 394 g/mol. The van der Waals surface area contributed by atoms with E-state index in [4.69, 9.17) is 10.5 Å². The Bertz CT molecular complexity index is 734. The van der Waals surface area contributed by atoms with Crippen LogP contribution in [0, 0.1) is 0 Å². The van der Waals surface area contributed by atoms with Gasteiger partial charge in [-0.25, -0.2) is 4.79 Å². The maximum Gasteiger partial charge on any atom is 0.351 e. The quantitative estimate of drug-likeness (QED) is 0.425. The second kappa shape index (κ2) is 10.9. The Morgan fingerprint density at radius 3 is 2.93 bits per heavy atom. The number of nitrogen functional groups attached to an aromatic ring is 1. The summed E-state index contributed by atoms with van der Waals surface area (Å²) in [6.45, 7) is 2.14. The van der Waals surface area contributed by atoms with E-state index in [0.717, 1.165) is 25.7 Å². The van der Waals surface area contributed by atoms with Crippen molar-refractivity contribution in [3.8, 4) is 0 Å². The normalized spacial score (nSPS) is 22.0. The van der Waals surface area contributed by atoms with E-state index in [1.807, 2.05) is 0 Å². The Morgan fingerprint density at radius 1 is 1.46 bits per heavy atom. The van der Waals surface area contributed by atoms with Crippen molar-refractivity contribution in [3.05, 3.63) is 28.3 Å². The first-order valence-electron chi connectivity index (χ1n) is 9.72. The average Bonchev–Trinajstić information content (AvgIpc) is 3.04. The second-order valence-corrected chi connectivity index (χ2v) is 6.90. The summed E-state index contributed by atoms with van der Waals surface area (Å²) in [5.74, 6) is 0.0702. The third-order valence-corrected chi connectivity index (χ3v) is 4.68. The summed E-state index contributed by atoms with van der Waals surface area (Å²) in [5, 5.41) is 21.8. The highest BCUT2D eigenvalue weighted by molar-refractivity contribution is 5.76. The number of unbranched alkanes of at least 4 members (excludes halogenated alkanes) is 3. The van der Waals surface area contributed by atoms with Crippen molar-refractivity contribution < 1.29 is 19.7 Å². The van der Waals surface area contributed by atoms with E-state index in [1.54, 1.807) is 12.2 Å². The van der Waals surface area contributed by atoms with Crippen LogP contribution in [-0.2, 0) is 9.53 Å². The fraction of sp³-hybridized carbons (Fsp3) is 0.632. The van der Waals surface area contributed by atoms with Crippen molar-refractivity contribution >= 4 is 17.8 Å². The Balaban J connectivity index is 1.94. The topological polar surface area (TPSA) is 140 Å². The van der Waals surface area contributed by atoms with Gasteiger partial charge in [-0.3, -0.25) is 9.36 Å². The average molecular weight is 394 g/mol. The zero-order chi connectivity index (χ0) is 20.5. The number of carbonyl (C=O) groups excluding carboxylic acids is 1. The molecule has 2 heterocycles. The predicted octanol–water partition coefficient (Wildman–Crippen LogP) is 0.566. The number of anilines is 1. The lowest BCUT2D eigenvalue weighted by Gasteiger charge is -2.15. The van der Waals surface area contributed by atoms with Crippen molar-refractivity contribution in [3.63, 3.8) is 0 Å². The fourth-order valence-corrected chi connectivity index (χ4v) is 3.04. The minimum Gasteiger partial charge on any atom is -0.394 e. The Kier molecular flexibility index (Phi) is 8.62. The molecule has 0 spiro atoms. The van der Waals surface area contributed by atoms with Crippen LogP contribution >= 0.6 is 0 Å². The summed E-state index contributed by atoms with van der Waals surface area (Å²) >= 11 is 0. The van der Waals surface area contributed by atoms with E-state index in [9.17, 15) is 19.8 Å². The van der Waals surface area contributed by atoms with E-state index in [2.05, 4.69) is 17.2 Å². The van der Waals surface area contributed by atoms with Gasteiger partial charge in [-0.1, -0.05) is 38.3 Å². The number of aromatic nitrogens is 2.